The zero-order valence-electron chi connectivity index (χ0n) is 17.7. The van der Waals surface area contributed by atoms with Gasteiger partial charge in [0.2, 0.25) is 5.91 Å². The first-order valence-corrected chi connectivity index (χ1v) is 10.3. The van der Waals surface area contributed by atoms with E-state index >= 15 is 0 Å². The van der Waals surface area contributed by atoms with Crippen LogP contribution in [-0.2, 0) is 30.5 Å². The van der Waals surface area contributed by atoms with E-state index in [0.717, 1.165) is 12.1 Å². The number of amides is 1. The van der Waals surface area contributed by atoms with Gasteiger partial charge < -0.3 is 5.32 Å². The lowest BCUT2D eigenvalue weighted by atomic mass is 10.1. The predicted molar refractivity (Wildman–Crippen MR) is 115 cm³/mol. The Kier molecular flexibility index (Phi) is 6.44. The molecule has 2 aromatic carbocycles. The Morgan fingerprint density at radius 3 is 2.56 bits per heavy atom. The van der Waals surface area contributed by atoms with E-state index in [0.29, 0.717) is 16.8 Å². The minimum atomic E-state index is -4.47. The molecule has 2 heterocycles. The summed E-state index contributed by atoms with van der Waals surface area (Å²) in [5, 5.41) is 7.08. The number of nitrogens with one attached hydrogen (secondary N) is 1. The maximum absolute atomic E-state index is 13.0. The summed E-state index contributed by atoms with van der Waals surface area (Å²) in [6.07, 6.45) is -1.78. The van der Waals surface area contributed by atoms with Gasteiger partial charge in [0.25, 0.3) is 5.56 Å². The van der Waals surface area contributed by atoms with Crippen LogP contribution in [-0.4, -0.2) is 31.8 Å². The van der Waals surface area contributed by atoms with Crippen molar-refractivity contribution in [3.63, 3.8) is 0 Å². The number of nitrogens with zero attached hydrogens (tertiary/aromatic N) is 4. The molecule has 0 atom stereocenters. The fraction of sp³-hybridized carbons (Fsp3) is 0.217. The molecule has 7 nitrogen and oxygen atoms in total. The zero-order valence-corrected chi connectivity index (χ0v) is 17.7. The van der Waals surface area contributed by atoms with E-state index in [2.05, 4.69) is 15.4 Å². The third kappa shape index (κ3) is 5.30. The van der Waals surface area contributed by atoms with E-state index in [1.54, 1.807) is 0 Å². The Balaban J connectivity index is 1.41. The molecule has 176 valence electrons. The van der Waals surface area contributed by atoms with Gasteiger partial charge in [-0.05, 0) is 35.4 Å². The number of aromatic nitrogens is 4. The second-order valence-corrected chi connectivity index (χ2v) is 7.63. The molecule has 2 aromatic heterocycles. The number of carbonyl (C=O) groups excluding carboxylic acids is 1. The summed E-state index contributed by atoms with van der Waals surface area (Å²) < 4.78 is 54.5. The average Bonchev–Trinajstić information content (AvgIpc) is 3.21. The molecule has 1 N–H and O–H groups in total. The number of alkyl halides is 3. The van der Waals surface area contributed by atoms with Gasteiger partial charge >= 0.3 is 6.18 Å². The minimum absolute atomic E-state index is 0.0731. The first kappa shape index (κ1) is 23.1. The van der Waals surface area contributed by atoms with E-state index in [-0.39, 0.29) is 43.2 Å². The third-order valence-electron chi connectivity index (χ3n) is 5.15. The largest absolute Gasteiger partial charge is 0.416 e. The van der Waals surface area contributed by atoms with Crippen LogP contribution in [0, 0.1) is 5.82 Å². The van der Waals surface area contributed by atoms with Crippen LogP contribution in [0.4, 0.5) is 17.6 Å². The van der Waals surface area contributed by atoms with E-state index < -0.39 is 17.3 Å². The first-order chi connectivity index (χ1) is 16.2. The Labute approximate surface area is 190 Å². The van der Waals surface area contributed by atoms with Crippen molar-refractivity contribution in [2.75, 3.05) is 6.54 Å². The van der Waals surface area contributed by atoms with Crippen molar-refractivity contribution in [1.82, 2.24) is 24.6 Å². The molecule has 0 aliphatic carbocycles. The van der Waals surface area contributed by atoms with Crippen molar-refractivity contribution >= 4 is 16.9 Å². The van der Waals surface area contributed by atoms with Crippen LogP contribution in [0.3, 0.4) is 0 Å². The lowest BCUT2D eigenvalue weighted by Gasteiger charge is -2.10. The van der Waals surface area contributed by atoms with E-state index in [1.807, 2.05) is 0 Å². The van der Waals surface area contributed by atoms with Crippen LogP contribution in [0.5, 0.6) is 0 Å². The van der Waals surface area contributed by atoms with Gasteiger partial charge in [-0.2, -0.15) is 18.3 Å². The standard InChI is InChI=1S/C23H19F4N5O2/c24-18-6-4-15(5-7-18)11-20(33)28-8-9-32-21-19(12-30-32)22(34)31(14-29-21)13-16-2-1-3-17(10-16)23(25,26)27/h1-7,10,12,14H,8-9,11,13H2,(H,28,33). The first-order valence-electron chi connectivity index (χ1n) is 10.3. The summed E-state index contributed by atoms with van der Waals surface area (Å²) in [6.45, 7) is 0.408. The van der Waals surface area contributed by atoms with Crippen molar-refractivity contribution in [2.24, 2.45) is 0 Å². The molecule has 0 aliphatic rings. The number of halogens is 4. The minimum Gasteiger partial charge on any atom is -0.354 e. The normalized spacial score (nSPS) is 11.6. The predicted octanol–water partition coefficient (Wildman–Crippen LogP) is 3.16. The summed E-state index contributed by atoms with van der Waals surface area (Å²) in [7, 11) is 0. The van der Waals surface area contributed by atoms with Gasteiger partial charge in [-0.15, -0.1) is 0 Å². The molecule has 0 unspecified atom stereocenters. The van der Waals surface area contributed by atoms with Gasteiger partial charge in [-0.3, -0.25) is 14.2 Å². The summed E-state index contributed by atoms with van der Waals surface area (Å²) in [6, 6.07) is 10.4. The highest BCUT2D eigenvalue weighted by Crippen LogP contribution is 2.29. The maximum Gasteiger partial charge on any atom is 0.416 e. The van der Waals surface area contributed by atoms with Crippen molar-refractivity contribution in [3.05, 3.63) is 93.9 Å². The lowest BCUT2D eigenvalue weighted by Crippen LogP contribution is -2.29. The average molecular weight is 473 g/mol. The van der Waals surface area contributed by atoms with E-state index in [9.17, 15) is 27.2 Å². The number of carbonyl (C=O) groups is 1. The van der Waals surface area contributed by atoms with Crippen molar-refractivity contribution in [2.45, 2.75) is 25.7 Å². The molecule has 4 rings (SSSR count). The highest BCUT2D eigenvalue weighted by molar-refractivity contribution is 5.78. The summed E-state index contributed by atoms with van der Waals surface area (Å²) >= 11 is 0. The van der Waals surface area contributed by atoms with Crippen LogP contribution in [0.25, 0.3) is 11.0 Å². The molecular weight excluding hydrogens is 454 g/mol. The number of fused-ring (bicyclic) bond motifs is 1. The second kappa shape index (κ2) is 9.46. The van der Waals surface area contributed by atoms with Crippen LogP contribution in [0.15, 0.2) is 65.8 Å². The second-order valence-electron chi connectivity index (χ2n) is 7.63. The fourth-order valence-corrected chi connectivity index (χ4v) is 3.47. The van der Waals surface area contributed by atoms with Crippen molar-refractivity contribution in [1.29, 1.82) is 0 Å². The smallest absolute Gasteiger partial charge is 0.354 e. The van der Waals surface area contributed by atoms with Gasteiger partial charge in [0, 0.05) is 6.54 Å². The lowest BCUT2D eigenvalue weighted by molar-refractivity contribution is -0.137. The highest BCUT2D eigenvalue weighted by Gasteiger charge is 2.30. The van der Waals surface area contributed by atoms with E-state index in [4.69, 9.17) is 0 Å². The van der Waals surface area contributed by atoms with Crippen molar-refractivity contribution < 1.29 is 22.4 Å². The monoisotopic (exact) mass is 473 g/mol. The molecule has 0 saturated carbocycles. The molecule has 0 fully saturated rings. The quantitative estimate of drug-likeness (QED) is 0.418. The van der Waals surface area contributed by atoms with Gasteiger partial charge in [-0.25, -0.2) is 14.1 Å². The fourth-order valence-electron chi connectivity index (χ4n) is 3.47. The van der Waals surface area contributed by atoms with Crippen molar-refractivity contribution in [3.8, 4) is 0 Å². The van der Waals surface area contributed by atoms with E-state index in [1.165, 1.54) is 58.2 Å². The molecule has 4 aromatic rings. The Hall–Kier alpha value is -4.02. The van der Waals surface area contributed by atoms with Crippen LogP contribution in [0.1, 0.15) is 16.7 Å². The van der Waals surface area contributed by atoms with Crippen LogP contribution >= 0.6 is 0 Å². The van der Waals surface area contributed by atoms with Gasteiger partial charge in [0.05, 0.1) is 31.3 Å². The number of hydrogen-bond acceptors (Lipinski definition) is 4. The number of rotatable bonds is 7. The topological polar surface area (TPSA) is 81.8 Å². The Morgan fingerprint density at radius 2 is 1.82 bits per heavy atom. The number of hydrogen-bond donors (Lipinski definition) is 1. The molecule has 0 aliphatic heterocycles. The molecule has 0 saturated heterocycles. The molecule has 0 spiro atoms. The molecule has 0 radical (unpaired) electrons. The Morgan fingerprint density at radius 1 is 1.06 bits per heavy atom. The zero-order chi connectivity index (χ0) is 24.3. The molecule has 11 heteroatoms. The Bertz CT molecular complexity index is 1380. The van der Waals surface area contributed by atoms with Gasteiger partial charge in [-0.1, -0.05) is 24.3 Å². The molecular formula is C23H19F4N5O2. The summed E-state index contributed by atoms with van der Waals surface area (Å²) in [5.41, 5.74) is 0.0641. The SMILES string of the molecule is O=C(Cc1ccc(F)cc1)NCCn1ncc2c(=O)n(Cc3cccc(C(F)(F)F)c3)cnc21. The maximum atomic E-state index is 13.0. The molecule has 34 heavy (non-hydrogen) atoms. The molecule has 0 bridgehead atoms. The van der Waals surface area contributed by atoms with Gasteiger partial charge in [0.1, 0.15) is 17.5 Å². The molecule has 1 amide bonds. The summed E-state index contributed by atoms with van der Waals surface area (Å²) in [5.74, 6) is -0.629. The highest BCUT2D eigenvalue weighted by atomic mass is 19.4. The van der Waals surface area contributed by atoms with Crippen LogP contribution in [0.2, 0.25) is 0 Å². The van der Waals surface area contributed by atoms with Crippen LogP contribution < -0.4 is 10.9 Å². The summed E-state index contributed by atoms with van der Waals surface area (Å²) in [4.78, 5) is 29.1. The number of benzene rings is 2. The van der Waals surface area contributed by atoms with Gasteiger partial charge in [0.15, 0.2) is 5.65 Å². The third-order valence-corrected chi connectivity index (χ3v) is 5.15.